The molecule has 114 valence electrons. The lowest BCUT2D eigenvalue weighted by Gasteiger charge is -2.20. The van der Waals surface area contributed by atoms with Gasteiger partial charge in [-0.2, -0.15) is 0 Å². The second-order valence-electron chi connectivity index (χ2n) is 6.02. The van der Waals surface area contributed by atoms with Crippen molar-refractivity contribution in [1.29, 1.82) is 0 Å². The molecule has 1 heterocycles. The minimum Gasteiger partial charge on any atom is -0.508 e. The van der Waals surface area contributed by atoms with E-state index in [1.807, 2.05) is 0 Å². The van der Waals surface area contributed by atoms with Crippen LogP contribution < -0.4 is 11.1 Å². The number of nitrogens with one attached hydrogen (secondary N) is 1. The fourth-order valence-electron chi connectivity index (χ4n) is 3.45. The Hall–Kier alpha value is -0.970. The van der Waals surface area contributed by atoms with Gasteiger partial charge in [0.05, 0.1) is 10.0 Å². The molecule has 2 aliphatic rings. The SMILES string of the molecule is NC(=O)[C@H](C1CC1)[C@H]1CN[C@@H](c2c(O)ccc(Cl)c2Cl)C1. The van der Waals surface area contributed by atoms with Gasteiger partial charge < -0.3 is 16.2 Å². The maximum absolute atomic E-state index is 11.7. The summed E-state index contributed by atoms with van der Waals surface area (Å²) < 4.78 is 0. The van der Waals surface area contributed by atoms with E-state index in [1.165, 1.54) is 0 Å². The van der Waals surface area contributed by atoms with E-state index in [9.17, 15) is 9.90 Å². The van der Waals surface area contributed by atoms with Crippen LogP contribution in [0.4, 0.5) is 0 Å². The van der Waals surface area contributed by atoms with Gasteiger partial charge in [0.2, 0.25) is 5.91 Å². The number of phenols is 1. The van der Waals surface area contributed by atoms with Gasteiger partial charge in [-0.05, 0) is 49.8 Å². The molecule has 2 fully saturated rings. The molecular weight excluding hydrogens is 311 g/mol. The van der Waals surface area contributed by atoms with Gasteiger partial charge in [0.1, 0.15) is 5.75 Å². The molecule has 1 saturated carbocycles. The Morgan fingerprint density at radius 1 is 1.33 bits per heavy atom. The van der Waals surface area contributed by atoms with Crippen molar-refractivity contribution < 1.29 is 9.90 Å². The molecule has 3 atom stereocenters. The van der Waals surface area contributed by atoms with Crippen molar-refractivity contribution in [1.82, 2.24) is 5.32 Å². The van der Waals surface area contributed by atoms with E-state index in [4.69, 9.17) is 28.9 Å². The third kappa shape index (κ3) is 2.85. The van der Waals surface area contributed by atoms with Crippen LogP contribution in [0.2, 0.25) is 10.0 Å². The van der Waals surface area contributed by atoms with Gasteiger partial charge in [0.15, 0.2) is 0 Å². The van der Waals surface area contributed by atoms with E-state index >= 15 is 0 Å². The molecule has 0 bridgehead atoms. The lowest BCUT2D eigenvalue weighted by molar-refractivity contribution is -0.124. The van der Waals surface area contributed by atoms with Gasteiger partial charge in [0.25, 0.3) is 0 Å². The van der Waals surface area contributed by atoms with Gasteiger partial charge in [0, 0.05) is 17.5 Å². The first-order valence-electron chi connectivity index (χ1n) is 7.18. The monoisotopic (exact) mass is 328 g/mol. The lowest BCUT2D eigenvalue weighted by atomic mass is 9.84. The summed E-state index contributed by atoms with van der Waals surface area (Å²) in [6.45, 7) is 0.705. The molecule has 1 saturated heterocycles. The van der Waals surface area contributed by atoms with Crippen LogP contribution in [-0.2, 0) is 4.79 Å². The average molecular weight is 329 g/mol. The van der Waals surface area contributed by atoms with Crippen molar-refractivity contribution in [3.05, 3.63) is 27.7 Å². The highest BCUT2D eigenvalue weighted by Gasteiger charge is 2.43. The van der Waals surface area contributed by atoms with E-state index in [0.717, 1.165) is 19.3 Å². The third-order valence-electron chi connectivity index (χ3n) is 4.59. The second kappa shape index (κ2) is 5.67. The second-order valence-corrected chi connectivity index (χ2v) is 6.80. The molecule has 0 aromatic heterocycles. The molecule has 1 aromatic carbocycles. The fourth-order valence-corrected chi connectivity index (χ4v) is 3.91. The van der Waals surface area contributed by atoms with Crippen molar-refractivity contribution in [2.24, 2.45) is 23.5 Å². The average Bonchev–Trinajstić information content (AvgIpc) is 3.13. The molecular formula is C15H18Cl2N2O2. The highest BCUT2D eigenvalue weighted by Crippen LogP contribution is 2.47. The zero-order valence-electron chi connectivity index (χ0n) is 11.5. The van der Waals surface area contributed by atoms with Gasteiger partial charge >= 0.3 is 0 Å². The predicted molar refractivity (Wildman–Crippen MR) is 82.4 cm³/mol. The molecule has 0 spiro atoms. The fraction of sp³-hybridized carbons (Fsp3) is 0.533. The van der Waals surface area contributed by atoms with Crippen LogP contribution >= 0.6 is 23.2 Å². The molecule has 1 aliphatic heterocycles. The van der Waals surface area contributed by atoms with Crippen molar-refractivity contribution in [3.63, 3.8) is 0 Å². The van der Waals surface area contributed by atoms with Crippen LogP contribution in [0.3, 0.4) is 0 Å². The summed E-state index contributed by atoms with van der Waals surface area (Å²) in [4.78, 5) is 11.7. The quantitative estimate of drug-likeness (QED) is 0.795. The van der Waals surface area contributed by atoms with Gasteiger partial charge in [-0.3, -0.25) is 4.79 Å². The van der Waals surface area contributed by atoms with Gasteiger partial charge in [-0.1, -0.05) is 23.2 Å². The number of hydrogen-bond donors (Lipinski definition) is 3. The maximum atomic E-state index is 11.7. The molecule has 4 N–H and O–H groups in total. The molecule has 21 heavy (non-hydrogen) atoms. The summed E-state index contributed by atoms with van der Waals surface area (Å²) in [5.41, 5.74) is 6.18. The van der Waals surface area contributed by atoms with E-state index in [2.05, 4.69) is 5.32 Å². The number of rotatable bonds is 4. The van der Waals surface area contributed by atoms with Crippen LogP contribution in [0.1, 0.15) is 30.9 Å². The number of hydrogen-bond acceptors (Lipinski definition) is 3. The third-order valence-corrected chi connectivity index (χ3v) is 5.41. The first kappa shape index (κ1) is 14.9. The topological polar surface area (TPSA) is 75.4 Å². The van der Waals surface area contributed by atoms with Crippen LogP contribution in [0.15, 0.2) is 12.1 Å². The number of nitrogens with two attached hydrogens (primary N) is 1. The molecule has 0 radical (unpaired) electrons. The first-order chi connectivity index (χ1) is 9.99. The number of phenolic OH excluding ortho intramolecular Hbond substituents is 1. The van der Waals surface area contributed by atoms with Crippen LogP contribution in [0.25, 0.3) is 0 Å². The first-order valence-corrected chi connectivity index (χ1v) is 7.94. The molecule has 1 amide bonds. The molecule has 3 rings (SSSR count). The summed E-state index contributed by atoms with van der Waals surface area (Å²) in [6, 6.07) is 3.03. The van der Waals surface area contributed by atoms with Crippen molar-refractivity contribution in [2.45, 2.75) is 25.3 Å². The molecule has 1 aromatic rings. The highest BCUT2D eigenvalue weighted by atomic mass is 35.5. The number of carbonyl (C=O) groups excluding carboxylic acids is 1. The minimum atomic E-state index is -0.216. The van der Waals surface area contributed by atoms with Crippen molar-refractivity contribution in [2.75, 3.05) is 6.54 Å². The van der Waals surface area contributed by atoms with E-state index < -0.39 is 0 Å². The van der Waals surface area contributed by atoms with Crippen LogP contribution in [0.5, 0.6) is 5.75 Å². The molecule has 0 unspecified atom stereocenters. The zero-order valence-corrected chi connectivity index (χ0v) is 13.0. The number of halogens is 2. The Morgan fingerprint density at radius 3 is 2.67 bits per heavy atom. The number of aromatic hydroxyl groups is 1. The largest absolute Gasteiger partial charge is 0.508 e. The lowest BCUT2D eigenvalue weighted by Crippen LogP contribution is -2.32. The highest BCUT2D eigenvalue weighted by molar-refractivity contribution is 6.42. The maximum Gasteiger partial charge on any atom is 0.221 e. The van der Waals surface area contributed by atoms with Crippen LogP contribution in [-0.4, -0.2) is 17.6 Å². The number of carbonyl (C=O) groups is 1. The number of primary amides is 1. The Morgan fingerprint density at radius 2 is 2.05 bits per heavy atom. The summed E-state index contributed by atoms with van der Waals surface area (Å²) in [5, 5.41) is 14.2. The van der Waals surface area contributed by atoms with Crippen molar-refractivity contribution in [3.8, 4) is 5.75 Å². The molecule has 4 nitrogen and oxygen atoms in total. The molecule has 1 aliphatic carbocycles. The standard InChI is InChI=1S/C15H18Cl2N2O2/c16-9-3-4-11(20)13(14(9)17)10-5-8(6-19-10)12(15(18)21)7-1-2-7/h3-4,7-8,10,12,19-20H,1-2,5-6H2,(H2,18,21)/t8-,10-,12-/m1/s1. The minimum absolute atomic E-state index is 0.0809. The summed E-state index contributed by atoms with van der Waals surface area (Å²) in [5.74, 6) is 0.449. The Labute approximate surface area is 133 Å². The van der Waals surface area contributed by atoms with E-state index in [-0.39, 0.29) is 29.5 Å². The van der Waals surface area contributed by atoms with Gasteiger partial charge in [-0.15, -0.1) is 0 Å². The Balaban J connectivity index is 1.81. The summed E-state index contributed by atoms with van der Waals surface area (Å²) in [6.07, 6.45) is 2.90. The Kier molecular flexibility index (Phi) is 4.04. The van der Waals surface area contributed by atoms with Crippen LogP contribution in [0, 0.1) is 17.8 Å². The Bertz CT molecular complexity index is 575. The normalized spacial score (nSPS) is 26.8. The number of benzene rings is 1. The zero-order chi connectivity index (χ0) is 15.1. The summed E-state index contributed by atoms with van der Waals surface area (Å²) >= 11 is 12.2. The van der Waals surface area contributed by atoms with E-state index in [1.54, 1.807) is 12.1 Å². The van der Waals surface area contributed by atoms with Crippen molar-refractivity contribution >= 4 is 29.1 Å². The number of amides is 1. The van der Waals surface area contributed by atoms with E-state index in [0.29, 0.717) is 28.1 Å². The van der Waals surface area contributed by atoms with Gasteiger partial charge in [-0.25, -0.2) is 0 Å². The smallest absolute Gasteiger partial charge is 0.221 e. The predicted octanol–water partition coefficient (Wildman–Crippen LogP) is 2.86. The summed E-state index contributed by atoms with van der Waals surface area (Å²) in [7, 11) is 0. The molecule has 6 heteroatoms.